The van der Waals surface area contributed by atoms with Crippen LogP contribution in [0.1, 0.15) is 45.2 Å². The molecule has 1 aromatic carbocycles. The van der Waals surface area contributed by atoms with Crippen molar-refractivity contribution in [3.8, 4) is 5.75 Å². The van der Waals surface area contributed by atoms with Crippen LogP contribution in [0, 0.1) is 5.92 Å². The largest absolute Gasteiger partial charge is 0.491 e. The summed E-state index contributed by atoms with van der Waals surface area (Å²) in [5.41, 5.74) is 1.27. The number of para-hydroxylation sites is 1. The van der Waals surface area contributed by atoms with Gasteiger partial charge in [0.2, 0.25) is 0 Å². The second-order valence-electron chi connectivity index (χ2n) is 5.28. The first-order valence-electron chi connectivity index (χ1n) is 6.65. The predicted octanol–water partition coefficient (Wildman–Crippen LogP) is 3.53. The zero-order chi connectivity index (χ0) is 12.3. The quantitative estimate of drug-likeness (QED) is 0.811. The monoisotopic (exact) mass is 233 g/mol. The molecule has 2 heteroatoms. The van der Waals surface area contributed by atoms with Crippen LogP contribution in [0.5, 0.6) is 5.75 Å². The van der Waals surface area contributed by atoms with Gasteiger partial charge in [0.1, 0.15) is 5.75 Å². The maximum Gasteiger partial charge on any atom is 0.124 e. The molecule has 0 spiro atoms. The van der Waals surface area contributed by atoms with Crippen LogP contribution in [0.25, 0.3) is 0 Å². The first-order valence-corrected chi connectivity index (χ1v) is 6.65. The molecule has 2 nitrogen and oxygen atoms in total. The Labute approximate surface area is 104 Å². The van der Waals surface area contributed by atoms with Gasteiger partial charge in [0, 0.05) is 11.6 Å². The van der Waals surface area contributed by atoms with E-state index >= 15 is 0 Å². The number of hydrogen-bond acceptors (Lipinski definition) is 2. The third-order valence-electron chi connectivity index (χ3n) is 3.16. The van der Waals surface area contributed by atoms with Crippen LogP contribution in [0.4, 0.5) is 0 Å². The molecule has 1 aliphatic carbocycles. The highest BCUT2D eigenvalue weighted by molar-refractivity contribution is 5.35. The maximum atomic E-state index is 5.85. The molecule has 0 aliphatic heterocycles. The Balaban J connectivity index is 2.00. The van der Waals surface area contributed by atoms with Gasteiger partial charge in [-0.2, -0.15) is 0 Å². The minimum absolute atomic E-state index is 0.229. The third-order valence-corrected chi connectivity index (χ3v) is 3.16. The number of benzene rings is 1. The Kier molecular flexibility index (Phi) is 4.06. The molecule has 1 fully saturated rings. The van der Waals surface area contributed by atoms with Crippen LogP contribution < -0.4 is 10.1 Å². The zero-order valence-electron chi connectivity index (χ0n) is 11.1. The van der Waals surface area contributed by atoms with E-state index in [9.17, 15) is 0 Å². The Morgan fingerprint density at radius 1 is 1.24 bits per heavy atom. The lowest BCUT2D eigenvalue weighted by molar-refractivity contribution is 0.238. The summed E-state index contributed by atoms with van der Waals surface area (Å²) in [6.07, 6.45) is 3.01. The normalized spacial score (nSPS) is 17.2. The second kappa shape index (κ2) is 5.54. The van der Waals surface area contributed by atoms with E-state index in [0.717, 1.165) is 18.2 Å². The highest BCUT2D eigenvalue weighted by Gasteiger charge is 2.22. The fourth-order valence-corrected chi connectivity index (χ4v) is 1.97. The van der Waals surface area contributed by atoms with Crippen molar-refractivity contribution >= 4 is 0 Å². The van der Waals surface area contributed by atoms with Gasteiger partial charge in [-0.15, -0.1) is 0 Å². The minimum atomic E-state index is 0.229. The van der Waals surface area contributed by atoms with E-state index in [1.54, 1.807) is 0 Å². The summed E-state index contributed by atoms with van der Waals surface area (Å²) < 4.78 is 5.85. The Morgan fingerprint density at radius 3 is 2.59 bits per heavy atom. The molecule has 17 heavy (non-hydrogen) atoms. The molecule has 0 heterocycles. The lowest BCUT2D eigenvalue weighted by Gasteiger charge is -2.19. The van der Waals surface area contributed by atoms with Gasteiger partial charge >= 0.3 is 0 Å². The van der Waals surface area contributed by atoms with Crippen molar-refractivity contribution in [1.29, 1.82) is 0 Å². The molecule has 2 rings (SSSR count). The van der Waals surface area contributed by atoms with Crippen LogP contribution in [0.15, 0.2) is 24.3 Å². The van der Waals surface area contributed by atoms with Crippen molar-refractivity contribution in [1.82, 2.24) is 5.32 Å². The van der Waals surface area contributed by atoms with Crippen molar-refractivity contribution in [2.24, 2.45) is 5.92 Å². The minimum Gasteiger partial charge on any atom is -0.491 e. The van der Waals surface area contributed by atoms with Gasteiger partial charge in [-0.1, -0.05) is 18.2 Å². The number of ether oxygens (including phenoxy) is 1. The van der Waals surface area contributed by atoms with Crippen LogP contribution in [0.2, 0.25) is 0 Å². The summed E-state index contributed by atoms with van der Waals surface area (Å²) in [5.74, 6) is 1.92. The Morgan fingerprint density at radius 2 is 1.94 bits per heavy atom. The fourth-order valence-electron chi connectivity index (χ4n) is 1.97. The molecule has 1 atom stereocenters. The molecule has 1 aliphatic rings. The average Bonchev–Trinajstić information content (AvgIpc) is 3.09. The highest BCUT2D eigenvalue weighted by Crippen LogP contribution is 2.30. The van der Waals surface area contributed by atoms with Gasteiger partial charge in [0.15, 0.2) is 0 Å². The zero-order valence-corrected chi connectivity index (χ0v) is 11.1. The van der Waals surface area contributed by atoms with Crippen LogP contribution in [0.3, 0.4) is 0 Å². The molecule has 0 bridgehead atoms. The van der Waals surface area contributed by atoms with E-state index in [4.69, 9.17) is 4.74 Å². The van der Waals surface area contributed by atoms with Crippen molar-refractivity contribution in [2.75, 3.05) is 6.54 Å². The van der Waals surface area contributed by atoms with E-state index in [2.05, 4.69) is 44.3 Å². The van der Waals surface area contributed by atoms with Crippen molar-refractivity contribution < 1.29 is 4.74 Å². The van der Waals surface area contributed by atoms with E-state index in [0.29, 0.717) is 6.04 Å². The second-order valence-corrected chi connectivity index (χ2v) is 5.28. The van der Waals surface area contributed by atoms with Crippen molar-refractivity contribution in [3.63, 3.8) is 0 Å². The summed E-state index contributed by atoms with van der Waals surface area (Å²) >= 11 is 0. The van der Waals surface area contributed by atoms with Gasteiger partial charge < -0.3 is 10.1 Å². The summed E-state index contributed by atoms with van der Waals surface area (Å²) in [4.78, 5) is 0. The lowest BCUT2D eigenvalue weighted by atomic mass is 10.1. The highest BCUT2D eigenvalue weighted by atomic mass is 16.5. The number of rotatable bonds is 6. The molecule has 1 N–H and O–H groups in total. The van der Waals surface area contributed by atoms with Crippen LogP contribution in [-0.2, 0) is 0 Å². The van der Waals surface area contributed by atoms with Crippen molar-refractivity contribution in [2.45, 2.75) is 45.8 Å². The molecule has 0 radical (unpaired) electrons. The number of nitrogens with one attached hydrogen (secondary N) is 1. The first kappa shape index (κ1) is 12.4. The first-order chi connectivity index (χ1) is 8.16. The molecule has 1 aromatic rings. The lowest BCUT2D eigenvalue weighted by Crippen LogP contribution is -2.22. The molecular weight excluding hydrogens is 210 g/mol. The van der Waals surface area contributed by atoms with E-state index in [-0.39, 0.29) is 6.10 Å². The molecule has 0 saturated heterocycles. The van der Waals surface area contributed by atoms with Gasteiger partial charge in [0.25, 0.3) is 0 Å². The fraction of sp³-hybridized carbons (Fsp3) is 0.600. The molecule has 1 saturated carbocycles. The summed E-state index contributed by atoms with van der Waals surface area (Å²) in [7, 11) is 0. The van der Waals surface area contributed by atoms with Gasteiger partial charge in [0.05, 0.1) is 6.10 Å². The van der Waals surface area contributed by atoms with Crippen molar-refractivity contribution in [3.05, 3.63) is 29.8 Å². The van der Waals surface area contributed by atoms with Gasteiger partial charge in [-0.25, -0.2) is 0 Å². The topological polar surface area (TPSA) is 21.3 Å². The van der Waals surface area contributed by atoms with E-state index in [1.807, 2.05) is 6.07 Å². The predicted molar refractivity (Wildman–Crippen MR) is 71.3 cm³/mol. The van der Waals surface area contributed by atoms with Crippen LogP contribution >= 0.6 is 0 Å². The van der Waals surface area contributed by atoms with Gasteiger partial charge in [-0.3, -0.25) is 0 Å². The number of hydrogen-bond donors (Lipinski definition) is 1. The summed E-state index contributed by atoms with van der Waals surface area (Å²) in [6, 6.07) is 8.70. The maximum absolute atomic E-state index is 5.85. The Bertz CT molecular complexity index is 358. The Hall–Kier alpha value is -1.02. The van der Waals surface area contributed by atoms with Gasteiger partial charge in [-0.05, 0) is 52.1 Å². The molecule has 0 aromatic heterocycles. The molecular formula is C15H23NO. The van der Waals surface area contributed by atoms with E-state index in [1.165, 1.54) is 18.4 Å². The SMILES string of the molecule is CC(C)Oc1ccccc1C(C)NCC1CC1. The van der Waals surface area contributed by atoms with E-state index < -0.39 is 0 Å². The standard InChI is InChI=1S/C15H23NO/c1-11(2)17-15-7-5-4-6-14(15)12(3)16-10-13-8-9-13/h4-7,11-13,16H,8-10H2,1-3H3. The van der Waals surface area contributed by atoms with Crippen LogP contribution in [-0.4, -0.2) is 12.6 Å². The summed E-state index contributed by atoms with van der Waals surface area (Å²) in [6.45, 7) is 7.49. The molecule has 94 valence electrons. The summed E-state index contributed by atoms with van der Waals surface area (Å²) in [5, 5.41) is 3.59. The average molecular weight is 233 g/mol. The molecule has 1 unspecified atom stereocenters. The third kappa shape index (κ3) is 3.74. The molecule has 0 amide bonds. The smallest absolute Gasteiger partial charge is 0.124 e.